The highest BCUT2D eigenvalue weighted by molar-refractivity contribution is 7.89. The first kappa shape index (κ1) is 20.3. The van der Waals surface area contributed by atoms with Crippen LogP contribution in [-0.4, -0.2) is 34.7 Å². The number of benzene rings is 1. The van der Waals surface area contributed by atoms with E-state index in [-0.39, 0.29) is 34.4 Å². The zero-order chi connectivity index (χ0) is 16.3. The molecular formula is C14H22Cl2N2O4S. The molecule has 0 bridgehead atoms. The second kappa shape index (κ2) is 8.39. The number of nitrogens with one attached hydrogen (secondary N) is 1. The number of rotatable bonds is 5. The first-order valence-corrected chi connectivity index (χ1v) is 8.93. The molecule has 1 fully saturated rings. The van der Waals surface area contributed by atoms with Crippen LogP contribution < -0.4 is 19.9 Å². The number of halogens is 2. The Bertz CT molecular complexity index is 632. The standard InChI is InChI=1S/C14H21ClN2O4S.ClH/c1-20-12-7-11(15)14(8-13(12)21-2)22(18,19)17-10-5-3-9(16)4-6-10;/h7-10,17H,3-6,16H2,1-2H3;1H. The van der Waals surface area contributed by atoms with Crippen LogP contribution in [0.5, 0.6) is 11.5 Å². The van der Waals surface area contributed by atoms with E-state index in [4.69, 9.17) is 26.8 Å². The number of hydrogen-bond donors (Lipinski definition) is 2. The third-order valence-electron chi connectivity index (χ3n) is 3.82. The van der Waals surface area contributed by atoms with E-state index in [1.54, 1.807) is 0 Å². The van der Waals surface area contributed by atoms with Crippen molar-refractivity contribution in [3.63, 3.8) is 0 Å². The Labute approximate surface area is 148 Å². The Kier molecular flexibility index (Phi) is 7.41. The number of methoxy groups -OCH3 is 2. The molecule has 0 spiro atoms. The molecule has 6 nitrogen and oxygen atoms in total. The summed E-state index contributed by atoms with van der Waals surface area (Å²) in [6, 6.07) is 2.85. The highest BCUT2D eigenvalue weighted by atomic mass is 35.5. The fourth-order valence-corrected chi connectivity index (χ4v) is 4.40. The van der Waals surface area contributed by atoms with Crippen molar-refractivity contribution in [2.45, 2.75) is 42.7 Å². The van der Waals surface area contributed by atoms with E-state index in [1.165, 1.54) is 26.4 Å². The molecular weight excluding hydrogens is 363 g/mol. The molecule has 0 saturated heterocycles. The van der Waals surface area contributed by atoms with Gasteiger partial charge in [0.15, 0.2) is 11.5 Å². The van der Waals surface area contributed by atoms with Gasteiger partial charge in [-0.05, 0) is 25.7 Å². The molecule has 0 radical (unpaired) electrons. The summed E-state index contributed by atoms with van der Waals surface area (Å²) >= 11 is 6.09. The average Bonchev–Trinajstić information content (AvgIpc) is 2.48. The quantitative estimate of drug-likeness (QED) is 0.812. The SMILES string of the molecule is COc1cc(Cl)c(S(=O)(=O)NC2CCC(N)CC2)cc1OC.Cl. The van der Waals surface area contributed by atoms with E-state index >= 15 is 0 Å². The molecule has 2 rings (SSSR count). The zero-order valence-electron chi connectivity index (χ0n) is 13.0. The lowest BCUT2D eigenvalue weighted by atomic mass is 9.93. The molecule has 0 aliphatic heterocycles. The summed E-state index contributed by atoms with van der Waals surface area (Å²) in [7, 11) is -0.817. The van der Waals surface area contributed by atoms with Gasteiger partial charge in [-0.15, -0.1) is 12.4 Å². The number of ether oxygens (including phenoxy) is 2. The Morgan fingerprint density at radius 3 is 2.17 bits per heavy atom. The van der Waals surface area contributed by atoms with Gasteiger partial charge < -0.3 is 15.2 Å². The first-order chi connectivity index (χ1) is 10.4. The summed E-state index contributed by atoms with van der Waals surface area (Å²) in [5, 5.41) is 0.0951. The molecule has 1 aromatic rings. The van der Waals surface area contributed by atoms with Crippen LogP contribution in [0.4, 0.5) is 0 Å². The molecule has 0 amide bonds. The van der Waals surface area contributed by atoms with Gasteiger partial charge >= 0.3 is 0 Å². The number of sulfonamides is 1. The van der Waals surface area contributed by atoms with Crippen molar-refractivity contribution in [3.8, 4) is 11.5 Å². The number of hydrogen-bond acceptors (Lipinski definition) is 5. The van der Waals surface area contributed by atoms with Gasteiger partial charge in [-0.2, -0.15) is 0 Å². The van der Waals surface area contributed by atoms with Crippen LogP contribution in [0.3, 0.4) is 0 Å². The van der Waals surface area contributed by atoms with Gasteiger partial charge in [0.25, 0.3) is 0 Å². The predicted octanol–water partition coefficient (Wildman–Crippen LogP) is 2.33. The van der Waals surface area contributed by atoms with Crippen molar-refractivity contribution in [1.82, 2.24) is 4.72 Å². The van der Waals surface area contributed by atoms with Crippen molar-refractivity contribution in [1.29, 1.82) is 0 Å². The van der Waals surface area contributed by atoms with Crippen LogP contribution in [0.2, 0.25) is 5.02 Å². The Morgan fingerprint density at radius 2 is 1.65 bits per heavy atom. The van der Waals surface area contributed by atoms with Crippen molar-refractivity contribution in [3.05, 3.63) is 17.2 Å². The summed E-state index contributed by atoms with van der Waals surface area (Å²) < 4.78 is 38.0. The van der Waals surface area contributed by atoms with E-state index in [9.17, 15) is 8.42 Å². The van der Waals surface area contributed by atoms with E-state index in [1.807, 2.05) is 0 Å². The summed E-state index contributed by atoms with van der Waals surface area (Å²) in [4.78, 5) is -0.0123. The minimum absolute atomic E-state index is 0. The zero-order valence-corrected chi connectivity index (χ0v) is 15.4. The van der Waals surface area contributed by atoms with Crippen LogP contribution in [0.1, 0.15) is 25.7 Å². The van der Waals surface area contributed by atoms with E-state index in [2.05, 4.69) is 4.72 Å². The molecule has 23 heavy (non-hydrogen) atoms. The maximum Gasteiger partial charge on any atom is 0.242 e. The molecule has 0 unspecified atom stereocenters. The van der Waals surface area contributed by atoms with Gasteiger partial charge in [0.05, 0.1) is 19.2 Å². The van der Waals surface area contributed by atoms with Crippen molar-refractivity contribution in [2.24, 2.45) is 5.73 Å². The van der Waals surface area contributed by atoms with Crippen LogP contribution in [0, 0.1) is 0 Å². The van der Waals surface area contributed by atoms with E-state index in [0.29, 0.717) is 11.5 Å². The maximum atomic E-state index is 12.5. The lowest BCUT2D eigenvalue weighted by Crippen LogP contribution is -2.40. The van der Waals surface area contributed by atoms with Crippen LogP contribution in [-0.2, 0) is 10.0 Å². The fourth-order valence-electron chi connectivity index (χ4n) is 2.56. The monoisotopic (exact) mass is 384 g/mol. The highest BCUT2D eigenvalue weighted by Gasteiger charge is 2.27. The fraction of sp³-hybridized carbons (Fsp3) is 0.571. The molecule has 0 heterocycles. The largest absolute Gasteiger partial charge is 0.493 e. The van der Waals surface area contributed by atoms with Crippen molar-refractivity contribution >= 4 is 34.0 Å². The second-order valence-corrected chi connectivity index (χ2v) is 7.46. The number of nitrogens with two attached hydrogens (primary N) is 1. The molecule has 0 aromatic heterocycles. The van der Waals surface area contributed by atoms with Crippen molar-refractivity contribution in [2.75, 3.05) is 14.2 Å². The molecule has 1 aromatic carbocycles. The Hall–Kier alpha value is -0.730. The topological polar surface area (TPSA) is 90.7 Å². The summed E-state index contributed by atoms with van der Waals surface area (Å²) in [6.07, 6.45) is 3.08. The van der Waals surface area contributed by atoms with E-state index < -0.39 is 10.0 Å². The normalized spacial score (nSPS) is 21.4. The van der Waals surface area contributed by atoms with Gasteiger partial charge in [-0.25, -0.2) is 13.1 Å². The molecule has 0 atom stereocenters. The van der Waals surface area contributed by atoms with Gasteiger partial charge in [0.1, 0.15) is 4.90 Å². The minimum Gasteiger partial charge on any atom is -0.493 e. The Morgan fingerprint density at radius 1 is 1.13 bits per heavy atom. The minimum atomic E-state index is -3.72. The second-order valence-electron chi connectivity index (χ2n) is 5.37. The molecule has 1 aliphatic carbocycles. The molecule has 3 N–H and O–H groups in total. The van der Waals surface area contributed by atoms with Crippen molar-refractivity contribution < 1.29 is 17.9 Å². The third-order valence-corrected chi connectivity index (χ3v) is 5.81. The molecule has 132 valence electrons. The smallest absolute Gasteiger partial charge is 0.242 e. The maximum absolute atomic E-state index is 12.5. The van der Waals surface area contributed by atoms with Crippen LogP contribution in [0.15, 0.2) is 17.0 Å². The summed E-state index contributed by atoms with van der Waals surface area (Å²) in [5.41, 5.74) is 5.84. The van der Waals surface area contributed by atoms with Gasteiger partial charge in [-0.3, -0.25) is 0 Å². The highest BCUT2D eigenvalue weighted by Crippen LogP contribution is 2.35. The van der Waals surface area contributed by atoms with Gasteiger partial charge in [0.2, 0.25) is 10.0 Å². The lowest BCUT2D eigenvalue weighted by molar-refractivity contribution is 0.353. The first-order valence-electron chi connectivity index (χ1n) is 7.07. The molecule has 1 saturated carbocycles. The molecule has 1 aliphatic rings. The summed E-state index contributed by atoms with van der Waals surface area (Å²) in [6.45, 7) is 0. The molecule has 9 heteroatoms. The van der Waals surface area contributed by atoms with Crippen LogP contribution in [0.25, 0.3) is 0 Å². The Balaban J connectivity index is 0.00000264. The van der Waals surface area contributed by atoms with E-state index in [0.717, 1.165) is 25.7 Å². The predicted molar refractivity (Wildman–Crippen MR) is 92.4 cm³/mol. The van der Waals surface area contributed by atoms with Gasteiger partial charge in [-0.1, -0.05) is 11.6 Å². The van der Waals surface area contributed by atoms with Crippen LogP contribution >= 0.6 is 24.0 Å². The van der Waals surface area contributed by atoms with Gasteiger partial charge in [0, 0.05) is 24.2 Å². The third kappa shape index (κ3) is 4.87. The summed E-state index contributed by atoms with van der Waals surface area (Å²) in [5.74, 6) is 0.702. The average molecular weight is 385 g/mol. The lowest BCUT2D eigenvalue weighted by Gasteiger charge is -2.26.